The van der Waals surface area contributed by atoms with E-state index in [1.54, 1.807) is 6.92 Å². The summed E-state index contributed by atoms with van der Waals surface area (Å²) < 4.78 is 5.24. The van der Waals surface area contributed by atoms with E-state index in [-0.39, 0.29) is 11.9 Å². The summed E-state index contributed by atoms with van der Waals surface area (Å²) in [6.45, 7) is 13.2. The third-order valence-corrected chi connectivity index (χ3v) is 1.97. The second-order valence-corrected chi connectivity index (χ2v) is 3.54. The molecule has 0 spiro atoms. The van der Waals surface area contributed by atoms with Crippen LogP contribution in [0.5, 0.6) is 0 Å². The number of nitrogens with one attached hydrogen (secondary N) is 1. The molecule has 3 heteroatoms. The van der Waals surface area contributed by atoms with E-state index in [4.69, 9.17) is 4.74 Å². The van der Waals surface area contributed by atoms with E-state index in [0.29, 0.717) is 5.92 Å². The van der Waals surface area contributed by atoms with E-state index in [2.05, 4.69) is 19.2 Å². The highest BCUT2D eigenvalue weighted by atomic mass is 16.5. The Bertz CT molecular complexity index is 147. The first-order chi connectivity index (χ1) is 7.07. The number of hydrogen-bond donors (Lipinski definition) is 1. The third-order valence-electron chi connectivity index (χ3n) is 1.97. The summed E-state index contributed by atoms with van der Waals surface area (Å²) in [5, 5.41) is 2.92. The van der Waals surface area contributed by atoms with Gasteiger partial charge in [-0.3, -0.25) is 4.79 Å². The average molecular weight is 217 g/mol. The third kappa shape index (κ3) is 11.4. The van der Waals surface area contributed by atoms with Gasteiger partial charge in [-0.1, -0.05) is 27.7 Å². The first-order valence-corrected chi connectivity index (χ1v) is 5.92. The summed E-state index contributed by atoms with van der Waals surface area (Å²) >= 11 is 0. The predicted molar refractivity (Wildman–Crippen MR) is 64.9 cm³/mol. The molecule has 15 heavy (non-hydrogen) atoms. The number of amides is 1. The Balaban J connectivity index is 0. The smallest absolute Gasteiger partial charge is 0.217 e. The predicted octanol–water partition coefficient (Wildman–Crippen LogP) is 2.60. The lowest BCUT2D eigenvalue weighted by atomic mass is 10.0. The lowest BCUT2D eigenvalue weighted by molar-refractivity contribution is -0.120. The van der Waals surface area contributed by atoms with Crippen molar-refractivity contribution in [1.82, 2.24) is 5.32 Å². The van der Waals surface area contributed by atoms with E-state index < -0.39 is 0 Å². The molecule has 0 rings (SSSR count). The van der Waals surface area contributed by atoms with Crippen LogP contribution in [0.1, 0.15) is 48.0 Å². The highest BCUT2D eigenvalue weighted by Crippen LogP contribution is 2.05. The summed E-state index contributed by atoms with van der Waals surface area (Å²) in [5.41, 5.74) is 0. The first-order valence-electron chi connectivity index (χ1n) is 5.92. The van der Waals surface area contributed by atoms with Crippen LogP contribution in [0.2, 0.25) is 0 Å². The molecule has 0 aromatic carbocycles. The molecular formula is C12H27NO2. The molecule has 92 valence electrons. The largest absolute Gasteiger partial charge is 0.382 e. The molecule has 1 N–H and O–H groups in total. The van der Waals surface area contributed by atoms with E-state index >= 15 is 0 Å². The van der Waals surface area contributed by atoms with Crippen molar-refractivity contribution < 1.29 is 9.53 Å². The van der Waals surface area contributed by atoms with Crippen LogP contribution in [-0.4, -0.2) is 25.2 Å². The standard InChI is InChI=1S/C10H21NO2.C2H6/c1-5-13-7-6-10(8(2)3)11-9(4)12;1-2/h8,10H,5-7H2,1-4H3,(H,11,12);1-2H3. The summed E-state index contributed by atoms with van der Waals surface area (Å²) in [7, 11) is 0. The molecule has 0 aliphatic carbocycles. The molecule has 0 saturated heterocycles. The molecule has 0 heterocycles. The SMILES string of the molecule is CC.CCOCCC(NC(C)=O)C(C)C. The topological polar surface area (TPSA) is 38.3 Å². The van der Waals surface area contributed by atoms with Crippen molar-refractivity contribution in [3.63, 3.8) is 0 Å². The Morgan fingerprint density at radius 3 is 2.20 bits per heavy atom. The fourth-order valence-corrected chi connectivity index (χ4v) is 1.19. The van der Waals surface area contributed by atoms with Crippen LogP contribution in [0.25, 0.3) is 0 Å². The second-order valence-electron chi connectivity index (χ2n) is 3.54. The van der Waals surface area contributed by atoms with E-state index in [1.807, 2.05) is 20.8 Å². The zero-order valence-electron chi connectivity index (χ0n) is 11.1. The van der Waals surface area contributed by atoms with Crippen LogP contribution in [0.3, 0.4) is 0 Å². The Labute approximate surface area is 94.6 Å². The Morgan fingerprint density at radius 2 is 1.87 bits per heavy atom. The minimum Gasteiger partial charge on any atom is -0.382 e. The lowest BCUT2D eigenvalue weighted by Crippen LogP contribution is -2.37. The van der Waals surface area contributed by atoms with Gasteiger partial charge in [0.25, 0.3) is 0 Å². The zero-order valence-corrected chi connectivity index (χ0v) is 11.1. The van der Waals surface area contributed by atoms with Gasteiger partial charge in [-0.2, -0.15) is 0 Å². The molecule has 1 amide bonds. The van der Waals surface area contributed by atoms with Gasteiger partial charge in [0, 0.05) is 26.2 Å². The van der Waals surface area contributed by atoms with Gasteiger partial charge in [0.05, 0.1) is 0 Å². The normalized spacial score (nSPS) is 11.7. The number of carbonyl (C=O) groups excluding carboxylic acids is 1. The number of rotatable bonds is 6. The molecule has 0 aromatic heterocycles. The zero-order chi connectivity index (χ0) is 12.3. The first kappa shape index (κ1) is 16.8. The van der Waals surface area contributed by atoms with Crippen molar-refractivity contribution in [2.24, 2.45) is 5.92 Å². The molecule has 1 unspecified atom stereocenters. The fraction of sp³-hybridized carbons (Fsp3) is 0.917. The summed E-state index contributed by atoms with van der Waals surface area (Å²) in [5.74, 6) is 0.500. The molecular weight excluding hydrogens is 190 g/mol. The van der Waals surface area contributed by atoms with Gasteiger partial charge in [0.1, 0.15) is 0 Å². The molecule has 0 aliphatic heterocycles. The maximum Gasteiger partial charge on any atom is 0.217 e. The van der Waals surface area contributed by atoms with Crippen LogP contribution >= 0.6 is 0 Å². The fourth-order valence-electron chi connectivity index (χ4n) is 1.19. The van der Waals surface area contributed by atoms with Crippen molar-refractivity contribution >= 4 is 5.91 Å². The van der Waals surface area contributed by atoms with E-state index in [1.165, 1.54) is 0 Å². The van der Waals surface area contributed by atoms with Crippen LogP contribution in [0.4, 0.5) is 0 Å². The van der Waals surface area contributed by atoms with Crippen LogP contribution < -0.4 is 5.32 Å². The van der Waals surface area contributed by atoms with Crippen LogP contribution in [0, 0.1) is 5.92 Å². The van der Waals surface area contributed by atoms with Crippen molar-refractivity contribution in [3.05, 3.63) is 0 Å². The van der Waals surface area contributed by atoms with Gasteiger partial charge in [-0.15, -0.1) is 0 Å². The highest BCUT2D eigenvalue weighted by Gasteiger charge is 2.13. The average Bonchev–Trinajstić information content (AvgIpc) is 2.19. The van der Waals surface area contributed by atoms with Gasteiger partial charge < -0.3 is 10.1 Å². The summed E-state index contributed by atoms with van der Waals surface area (Å²) in [6, 6.07) is 0.240. The van der Waals surface area contributed by atoms with Crippen LogP contribution in [-0.2, 0) is 9.53 Å². The van der Waals surface area contributed by atoms with Crippen molar-refractivity contribution in [2.45, 2.75) is 54.0 Å². The summed E-state index contributed by atoms with van der Waals surface area (Å²) in [4.78, 5) is 10.8. The Kier molecular flexibility index (Phi) is 12.9. The number of ether oxygens (including phenoxy) is 1. The molecule has 0 aliphatic rings. The second kappa shape index (κ2) is 11.5. The lowest BCUT2D eigenvalue weighted by Gasteiger charge is -2.21. The molecule has 1 atom stereocenters. The van der Waals surface area contributed by atoms with Crippen LogP contribution in [0.15, 0.2) is 0 Å². The molecule has 0 saturated carbocycles. The maximum atomic E-state index is 10.8. The van der Waals surface area contributed by atoms with Crippen molar-refractivity contribution in [1.29, 1.82) is 0 Å². The highest BCUT2D eigenvalue weighted by molar-refractivity contribution is 5.73. The molecule has 0 bridgehead atoms. The van der Waals surface area contributed by atoms with E-state index in [0.717, 1.165) is 19.6 Å². The quantitative estimate of drug-likeness (QED) is 0.694. The van der Waals surface area contributed by atoms with Gasteiger partial charge in [-0.05, 0) is 19.3 Å². The Hall–Kier alpha value is -0.570. The maximum absolute atomic E-state index is 10.8. The molecule has 3 nitrogen and oxygen atoms in total. The van der Waals surface area contributed by atoms with Gasteiger partial charge in [0.15, 0.2) is 0 Å². The molecule has 0 aromatic rings. The minimum atomic E-state index is 0.0372. The Morgan fingerprint density at radius 1 is 1.33 bits per heavy atom. The summed E-state index contributed by atoms with van der Waals surface area (Å²) in [6.07, 6.45) is 0.894. The van der Waals surface area contributed by atoms with Gasteiger partial charge in [0.2, 0.25) is 5.91 Å². The van der Waals surface area contributed by atoms with Crippen molar-refractivity contribution in [2.75, 3.05) is 13.2 Å². The molecule has 0 radical (unpaired) electrons. The number of hydrogen-bond acceptors (Lipinski definition) is 2. The number of carbonyl (C=O) groups is 1. The monoisotopic (exact) mass is 217 g/mol. The van der Waals surface area contributed by atoms with E-state index in [9.17, 15) is 4.79 Å². The van der Waals surface area contributed by atoms with Crippen molar-refractivity contribution in [3.8, 4) is 0 Å². The minimum absolute atomic E-state index is 0.0372. The molecule has 0 fully saturated rings. The van der Waals surface area contributed by atoms with Gasteiger partial charge in [-0.25, -0.2) is 0 Å². The van der Waals surface area contributed by atoms with Gasteiger partial charge >= 0.3 is 0 Å².